The van der Waals surface area contributed by atoms with Gasteiger partial charge in [-0.15, -0.1) is 0 Å². The molecule has 0 saturated carbocycles. The van der Waals surface area contributed by atoms with Gasteiger partial charge in [0.25, 0.3) is 0 Å². The molecule has 2 aromatic rings. The van der Waals surface area contributed by atoms with Gasteiger partial charge in [0.1, 0.15) is 5.69 Å². The smallest absolute Gasteiger partial charge is 0.156 e. The van der Waals surface area contributed by atoms with Gasteiger partial charge in [-0.3, -0.25) is 4.98 Å². The van der Waals surface area contributed by atoms with Gasteiger partial charge in [-0.25, -0.2) is 4.98 Å². The molecule has 0 saturated heterocycles. The first-order valence-electron chi connectivity index (χ1n) is 4.89. The molecule has 2 heterocycles. The highest BCUT2D eigenvalue weighted by atomic mass is 16.3. The Morgan fingerprint density at radius 3 is 2.93 bits per heavy atom. The van der Waals surface area contributed by atoms with Crippen LogP contribution < -0.4 is 0 Å². The van der Waals surface area contributed by atoms with Crippen LogP contribution in [0.5, 0.6) is 0 Å². The van der Waals surface area contributed by atoms with Gasteiger partial charge in [-0.2, -0.15) is 0 Å². The van der Waals surface area contributed by atoms with Gasteiger partial charge in [-0.1, -0.05) is 6.07 Å². The average Bonchev–Trinajstić information content (AvgIpc) is 2.63. The normalized spacial score (nSPS) is 10.5. The number of H-pyrrole nitrogens is 1. The maximum Gasteiger partial charge on any atom is 0.156 e. The molecule has 0 aromatic carbocycles. The molecule has 0 atom stereocenters. The summed E-state index contributed by atoms with van der Waals surface area (Å²) in [4.78, 5) is 11.8. The Labute approximate surface area is 88.0 Å². The van der Waals surface area contributed by atoms with Crippen LogP contribution >= 0.6 is 0 Å². The van der Waals surface area contributed by atoms with Crippen LogP contribution in [0.25, 0.3) is 11.5 Å². The zero-order chi connectivity index (χ0) is 10.7. The van der Waals surface area contributed by atoms with Crippen LogP contribution in [0.15, 0.2) is 24.4 Å². The third-order valence-electron chi connectivity index (χ3n) is 2.24. The predicted octanol–water partition coefficient (Wildman–Crippen LogP) is 1.31. The number of hydrogen-bond acceptors (Lipinski definition) is 3. The van der Waals surface area contributed by atoms with E-state index in [0.29, 0.717) is 6.42 Å². The molecule has 0 bridgehead atoms. The monoisotopic (exact) mass is 203 g/mol. The van der Waals surface area contributed by atoms with Crippen molar-refractivity contribution in [2.45, 2.75) is 13.3 Å². The number of aromatic nitrogens is 3. The molecule has 4 nitrogen and oxygen atoms in total. The molecule has 78 valence electrons. The van der Waals surface area contributed by atoms with Gasteiger partial charge in [-0.05, 0) is 19.1 Å². The van der Waals surface area contributed by atoms with Gasteiger partial charge < -0.3 is 10.1 Å². The number of rotatable bonds is 3. The summed E-state index contributed by atoms with van der Waals surface area (Å²) in [5.41, 5.74) is 2.72. The van der Waals surface area contributed by atoms with Crippen molar-refractivity contribution in [3.8, 4) is 11.5 Å². The van der Waals surface area contributed by atoms with Crippen molar-refractivity contribution in [3.63, 3.8) is 0 Å². The SMILES string of the molecule is Cc1[nH]c(-c2ccccn2)nc1CCO. The molecule has 4 heteroatoms. The van der Waals surface area contributed by atoms with E-state index in [9.17, 15) is 0 Å². The largest absolute Gasteiger partial charge is 0.396 e. The van der Waals surface area contributed by atoms with E-state index in [2.05, 4.69) is 15.0 Å². The molecule has 0 amide bonds. The maximum absolute atomic E-state index is 8.85. The molecule has 0 fully saturated rings. The molecule has 0 unspecified atom stereocenters. The molecule has 0 aliphatic heterocycles. The third kappa shape index (κ3) is 2.05. The number of nitrogens with one attached hydrogen (secondary N) is 1. The average molecular weight is 203 g/mol. The van der Waals surface area contributed by atoms with E-state index in [-0.39, 0.29) is 6.61 Å². The maximum atomic E-state index is 8.85. The molecule has 2 aromatic heterocycles. The Kier molecular flexibility index (Phi) is 2.78. The Balaban J connectivity index is 2.34. The van der Waals surface area contributed by atoms with Gasteiger partial charge in [0.15, 0.2) is 5.82 Å². The number of aromatic amines is 1. The molecule has 15 heavy (non-hydrogen) atoms. The number of pyridine rings is 1. The standard InChI is InChI=1S/C11H13N3O/c1-8-9(5-7-15)14-11(13-8)10-4-2-3-6-12-10/h2-4,6,15H,5,7H2,1H3,(H,13,14). The molecule has 2 rings (SSSR count). The molecule has 0 radical (unpaired) electrons. The van der Waals surface area contributed by atoms with E-state index in [1.54, 1.807) is 6.20 Å². The Bertz CT molecular complexity index is 436. The Morgan fingerprint density at radius 1 is 1.40 bits per heavy atom. The summed E-state index contributed by atoms with van der Waals surface area (Å²) < 4.78 is 0. The van der Waals surface area contributed by atoms with Gasteiger partial charge in [0, 0.05) is 24.9 Å². The van der Waals surface area contributed by atoms with Crippen molar-refractivity contribution in [1.29, 1.82) is 0 Å². The van der Waals surface area contributed by atoms with Crippen molar-refractivity contribution in [3.05, 3.63) is 35.8 Å². The molecular formula is C11H13N3O. The van der Waals surface area contributed by atoms with Crippen LogP contribution in [0.1, 0.15) is 11.4 Å². The summed E-state index contributed by atoms with van der Waals surface area (Å²) in [6.45, 7) is 2.07. The first-order chi connectivity index (χ1) is 7.31. The predicted molar refractivity (Wildman–Crippen MR) is 57.3 cm³/mol. The van der Waals surface area contributed by atoms with Crippen molar-refractivity contribution >= 4 is 0 Å². The first-order valence-corrected chi connectivity index (χ1v) is 4.89. The number of aliphatic hydroxyl groups is 1. The second-order valence-electron chi connectivity index (χ2n) is 3.35. The lowest BCUT2D eigenvalue weighted by Gasteiger charge is -1.93. The highest BCUT2D eigenvalue weighted by Crippen LogP contribution is 2.15. The van der Waals surface area contributed by atoms with Crippen molar-refractivity contribution in [2.75, 3.05) is 6.61 Å². The highest BCUT2D eigenvalue weighted by molar-refractivity contribution is 5.49. The lowest BCUT2D eigenvalue weighted by molar-refractivity contribution is 0.298. The molecule has 2 N–H and O–H groups in total. The van der Waals surface area contributed by atoms with Crippen molar-refractivity contribution in [2.24, 2.45) is 0 Å². The first kappa shape index (κ1) is 9.86. The highest BCUT2D eigenvalue weighted by Gasteiger charge is 2.07. The summed E-state index contributed by atoms with van der Waals surface area (Å²) >= 11 is 0. The topological polar surface area (TPSA) is 61.8 Å². The zero-order valence-electron chi connectivity index (χ0n) is 8.57. The number of aliphatic hydroxyl groups excluding tert-OH is 1. The van der Waals surface area contributed by atoms with Crippen LogP contribution in [-0.4, -0.2) is 26.7 Å². The van der Waals surface area contributed by atoms with E-state index in [4.69, 9.17) is 5.11 Å². The van der Waals surface area contributed by atoms with Gasteiger partial charge >= 0.3 is 0 Å². The van der Waals surface area contributed by atoms with E-state index < -0.39 is 0 Å². The summed E-state index contributed by atoms with van der Waals surface area (Å²) in [7, 11) is 0. The second kappa shape index (κ2) is 4.23. The number of nitrogens with zero attached hydrogens (tertiary/aromatic N) is 2. The second-order valence-corrected chi connectivity index (χ2v) is 3.35. The molecular weight excluding hydrogens is 190 g/mol. The summed E-state index contributed by atoms with van der Waals surface area (Å²) in [5.74, 6) is 0.761. The third-order valence-corrected chi connectivity index (χ3v) is 2.24. The fourth-order valence-electron chi connectivity index (χ4n) is 1.47. The van der Waals surface area contributed by atoms with Crippen molar-refractivity contribution in [1.82, 2.24) is 15.0 Å². The minimum atomic E-state index is 0.118. The number of hydrogen-bond donors (Lipinski definition) is 2. The van der Waals surface area contributed by atoms with Crippen molar-refractivity contribution < 1.29 is 5.11 Å². The van der Waals surface area contributed by atoms with Gasteiger partial charge in [0.2, 0.25) is 0 Å². The fraction of sp³-hybridized carbons (Fsp3) is 0.273. The molecule has 0 aliphatic rings. The quantitative estimate of drug-likeness (QED) is 0.790. The lowest BCUT2D eigenvalue weighted by atomic mass is 10.3. The molecule has 0 spiro atoms. The summed E-state index contributed by atoms with van der Waals surface area (Å²) in [5, 5.41) is 8.85. The van der Waals surface area contributed by atoms with E-state index >= 15 is 0 Å². The minimum absolute atomic E-state index is 0.118. The Morgan fingerprint density at radius 2 is 2.27 bits per heavy atom. The van der Waals surface area contributed by atoms with Gasteiger partial charge in [0.05, 0.1) is 5.69 Å². The van der Waals surface area contributed by atoms with Crippen LogP contribution in [0, 0.1) is 6.92 Å². The number of aryl methyl sites for hydroxylation is 1. The minimum Gasteiger partial charge on any atom is -0.396 e. The zero-order valence-corrected chi connectivity index (χ0v) is 8.57. The Hall–Kier alpha value is -1.68. The lowest BCUT2D eigenvalue weighted by Crippen LogP contribution is -1.92. The van der Waals surface area contributed by atoms with E-state index in [0.717, 1.165) is 22.9 Å². The summed E-state index contributed by atoms with van der Waals surface area (Å²) in [6, 6.07) is 5.70. The van der Waals surface area contributed by atoms with E-state index in [1.807, 2.05) is 25.1 Å². The van der Waals surface area contributed by atoms with Crippen LogP contribution in [0.2, 0.25) is 0 Å². The molecule has 0 aliphatic carbocycles. The summed E-state index contributed by atoms with van der Waals surface area (Å²) in [6.07, 6.45) is 2.31. The van der Waals surface area contributed by atoms with Crippen LogP contribution in [0.4, 0.5) is 0 Å². The van der Waals surface area contributed by atoms with Crippen LogP contribution in [0.3, 0.4) is 0 Å². The fourth-order valence-corrected chi connectivity index (χ4v) is 1.47. The van der Waals surface area contributed by atoms with Crippen LogP contribution in [-0.2, 0) is 6.42 Å². The number of imidazole rings is 1. The van der Waals surface area contributed by atoms with E-state index in [1.165, 1.54) is 0 Å².